The first-order chi connectivity index (χ1) is 13.7. The fraction of sp³-hybridized carbons (Fsp3) is 0.400. The number of Topliss-reactive ketones (excluding diaryl/α,β-unsaturated/α-hetero) is 1. The van der Waals surface area contributed by atoms with E-state index < -0.39 is 17.7 Å². The topological polar surface area (TPSA) is 71.3 Å². The highest BCUT2D eigenvalue weighted by Gasteiger charge is 2.44. The van der Waals surface area contributed by atoms with Crippen LogP contribution in [0.15, 0.2) is 46.4 Å². The number of ether oxygens (including phenoxy) is 1. The monoisotopic (exact) mass is 419 g/mol. The summed E-state index contributed by atoms with van der Waals surface area (Å²) in [5, 5.41) is 14.3. The molecule has 1 saturated heterocycles. The summed E-state index contributed by atoms with van der Waals surface area (Å²) < 4.78 is 5.39. The summed E-state index contributed by atoms with van der Waals surface area (Å²) in [4.78, 5) is 30.4. The Bertz CT molecular complexity index is 855. The van der Waals surface area contributed by atoms with Crippen LogP contribution < -0.4 is 4.90 Å². The average Bonchev–Trinajstić information content (AvgIpc) is 3.46. The van der Waals surface area contributed by atoms with Crippen LogP contribution in [-0.4, -0.2) is 61.1 Å². The molecule has 1 atom stereocenters. The van der Waals surface area contributed by atoms with E-state index in [2.05, 4.69) is 0 Å². The maximum absolute atomic E-state index is 13.0. The number of hydrogen-bond donors (Lipinski definition) is 2. The maximum atomic E-state index is 13.0. The molecule has 2 aromatic rings. The van der Waals surface area contributed by atoms with Crippen LogP contribution in [0, 0.1) is 0 Å². The van der Waals surface area contributed by atoms with Crippen molar-refractivity contribution in [2.45, 2.75) is 12.5 Å². The second kappa shape index (κ2) is 8.57. The molecule has 0 aliphatic carbocycles. The summed E-state index contributed by atoms with van der Waals surface area (Å²) in [7, 11) is 0. The van der Waals surface area contributed by atoms with E-state index >= 15 is 0 Å². The lowest BCUT2D eigenvalue weighted by Gasteiger charge is -2.27. The minimum Gasteiger partial charge on any atom is -0.503 e. The highest BCUT2D eigenvalue weighted by molar-refractivity contribution is 7.12. The molecule has 0 unspecified atom stereocenters. The first kappa shape index (κ1) is 19.3. The number of aliphatic hydroxyl groups excluding tert-OH is 1. The number of carbonyl (C=O) groups is 2. The number of amides is 1. The Morgan fingerprint density at radius 2 is 1.96 bits per heavy atom. The van der Waals surface area contributed by atoms with Crippen LogP contribution in [-0.2, 0) is 9.53 Å². The number of thiophene rings is 2. The van der Waals surface area contributed by atoms with E-state index in [1.807, 2.05) is 22.9 Å². The second-order valence-electron chi connectivity index (χ2n) is 6.95. The van der Waals surface area contributed by atoms with Crippen molar-refractivity contribution in [1.82, 2.24) is 4.90 Å². The largest absolute Gasteiger partial charge is 0.503 e. The Morgan fingerprint density at radius 3 is 2.64 bits per heavy atom. The zero-order valence-corrected chi connectivity index (χ0v) is 17.1. The number of nitrogens with one attached hydrogen (secondary N) is 1. The Kier molecular flexibility index (Phi) is 5.91. The van der Waals surface area contributed by atoms with E-state index in [0.717, 1.165) is 44.1 Å². The number of ketones is 1. The molecule has 4 rings (SSSR count). The van der Waals surface area contributed by atoms with Gasteiger partial charge in [0, 0.05) is 17.8 Å². The minimum atomic E-state index is -0.512. The van der Waals surface area contributed by atoms with E-state index in [0.29, 0.717) is 11.4 Å². The zero-order valence-electron chi connectivity index (χ0n) is 15.4. The number of nitrogens with zero attached hydrogens (tertiary/aromatic N) is 1. The van der Waals surface area contributed by atoms with Crippen LogP contribution in [0.4, 0.5) is 0 Å². The van der Waals surface area contributed by atoms with Gasteiger partial charge in [0.2, 0.25) is 5.78 Å². The lowest BCUT2D eigenvalue weighted by molar-refractivity contribution is -0.908. The van der Waals surface area contributed by atoms with Crippen molar-refractivity contribution in [2.75, 3.05) is 39.4 Å². The highest BCUT2D eigenvalue weighted by Crippen LogP contribution is 2.41. The molecular weight excluding hydrogens is 396 g/mol. The molecule has 0 spiro atoms. The summed E-state index contributed by atoms with van der Waals surface area (Å²) >= 11 is 2.82. The molecule has 0 radical (unpaired) electrons. The lowest BCUT2D eigenvalue weighted by Crippen LogP contribution is -3.14. The Hall–Kier alpha value is -2.00. The number of aliphatic hydroxyl groups is 1. The number of carbonyl (C=O) groups excluding carboxylic acids is 2. The van der Waals surface area contributed by atoms with Crippen molar-refractivity contribution in [3.63, 3.8) is 0 Å². The number of morpholine rings is 1. The van der Waals surface area contributed by atoms with Gasteiger partial charge in [0.25, 0.3) is 5.91 Å². The molecule has 28 heavy (non-hydrogen) atoms. The van der Waals surface area contributed by atoms with Gasteiger partial charge in [-0.15, -0.1) is 22.7 Å². The van der Waals surface area contributed by atoms with Gasteiger partial charge >= 0.3 is 0 Å². The van der Waals surface area contributed by atoms with Crippen molar-refractivity contribution in [1.29, 1.82) is 0 Å². The number of quaternary nitrogens is 1. The fourth-order valence-electron chi connectivity index (χ4n) is 3.81. The Balaban J connectivity index is 1.54. The van der Waals surface area contributed by atoms with E-state index in [1.165, 1.54) is 27.6 Å². The van der Waals surface area contributed by atoms with Gasteiger partial charge in [-0.3, -0.25) is 9.59 Å². The van der Waals surface area contributed by atoms with Crippen molar-refractivity contribution in [3.05, 3.63) is 56.1 Å². The maximum Gasteiger partial charge on any atom is 0.290 e. The smallest absolute Gasteiger partial charge is 0.290 e. The quantitative estimate of drug-likeness (QED) is 0.670. The molecule has 2 aromatic heterocycles. The number of rotatable bonds is 7. The van der Waals surface area contributed by atoms with E-state index in [9.17, 15) is 14.7 Å². The standard InChI is InChI=1S/C20H22N2O4S2/c23-18(15-5-2-13-28-15)16-17(14-4-1-12-27-14)22(20(25)19(16)24)7-3-6-21-8-10-26-11-9-21/h1-2,4-5,12-13,17,24H,3,6-11H2/p+1/t17-/m0/s1. The third kappa shape index (κ3) is 3.77. The van der Waals surface area contributed by atoms with Gasteiger partial charge in [-0.25, -0.2) is 0 Å². The molecule has 2 N–H and O–H groups in total. The summed E-state index contributed by atoms with van der Waals surface area (Å²) in [6.07, 6.45) is 0.816. The van der Waals surface area contributed by atoms with Crippen molar-refractivity contribution >= 4 is 34.4 Å². The van der Waals surface area contributed by atoms with E-state index in [1.54, 1.807) is 17.0 Å². The molecule has 2 aliphatic heterocycles. The predicted octanol–water partition coefficient (Wildman–Crippen LogP) is 1.69. The third-order valence-corrected chi connectivity index (χ3v) is 7.03. The van der Waals surface area contributed by atoms with Gasteiger partial charge in [-0.05, 0) is 22.9 Å². The van der Waals surface area contributed by atoms with Gasteiger partial charge in [-0.1, -0.05) is 12.1 Å². The van der Waals surface area contributed by atoms with Crippen LogP contribution in [0.2, 0.25) is 0 Å². The van der Waals surface area contributed by atoms with Gasteiger partial charge in [0.05, 0.1) is 36.3 Å². The second-order valence-corrected chi connectivity index (χ2v) is 8.88. The molecule has 2 aliphatic rings. The highest BCUT2D eigenvalue weighted by atomic mass is 32.1. The molecule has 1 amide bonds. The van der Waals surface area contributed by atoms with Crippen LogP contribution in [0.25, 0.3) is 0 Å². The van der Waals surface area contributed by atoms with Gasteiger partial charge in [0.1, 0.15) is 13.1 Å². The van der Waals surface area contributed by atoms with E-state index in [-0.39, 0.29) is 11.4 Å². The predicted molar refractivity (Wildman–Crippen MR) is 108 cm³/mol. The molecule has 1 fully saturated rings. The minimum absolute atomic E-state index is 0.202. The van der Waals surface area contributed by atoms with E-state index in [4.69, 9.17) is 4.74 Å². The third-order valence-electron chi connectivity index (χ3n) is 5.24. The molecule has 6 nitrogen and oxygen atoms in total. The van der Waals surface area contributed by atoms with Crippen LogP contribution in [0.3, 0.4) is 0 Å². The molecule has 4 heterocycles. The SMILES string of the molecule is O=C(C1=C(O)C(=O)N(CCC[NH+]2CCOCC2)[C@H]1c1cccs1)c1cccs1. The number of hydrogen-bond acceptors (Lipinski definition) is 6. The summed E-state index contributed by atoms with van der Waals surface area (Å²) in [5.41, 5.74) is 0.202. The zero-order chi connectivity index (χ0) is 19.5. The molecule has 0 saturated carbocycles. The molecule has 8 heteroatoms. The van der Waals surface area contributed by atoms with Crippen molar-refractivity contribution in [2.24, 2.45) is 0 Å². The average molecular weight is 420 g/mol. The molecule has 0 bridgehead atoms. The lowest BCUT2D eigenvalue weighted by atomic mass is 10.0. The molecule has 0 aromatic carbocycles. The molecule has 148 valence electrons. The molecular formula is C20H23N2O4S2+. The normalized spacial score (nSPS) is 20.9. The first-order valence-corrected chi connectivity index (χ1v) is 11.2. The summed E-state index contributed by atoms with van der Waals surface area (Å²) in [6, 6.07) is 6.84. The Labute approximate surface area is 171 Å². The summed E-state index contributed by atoms with van der Waals surface area (Å²) in [5.74, 6) is -1.12. The first-order valence-electron chi connectivity index (χ1n) is 9.44. The Morgan fingerprint density at radius 1 is 1.21 bits per heavy atom. The fourth-order valence-corrected chi connectivity index (χ4v) is 5.33. The van der Waals surface area contributed by atoms with Crippen LogP contribution in [0.1, 0.15) is 27.0 Å². The van der Waals surface area contributed by atoms with Crippen molar-refractivity contribution in [3.8, 4) is 0 Å². The van der Waals surface area contributed by atoms with Crippen molar-refractivity contribution < 1.29 is 24.3 Å². The van der Waals surface area contributed by atoms with Gasteiger partial charge < -0.3 is 19.6 Å². The van der Waals surface area contributed by atoms with Gasteiger partial charge in [-0.2, -0.15) is 0 Å². The van der Waals surface area contributed by atoms with Gasteiger partial charge in [0.15, 0.2) is 5.76 Å². The van der Waals surface area contributed by atoms with Crippen LogP contribution >= 0.6 is 22.7 Å². The summed E-state index contributed by atoms with van der Waals surface area (Å²) in [6.45, 7) is 4.97. The van der Waals surface area contributed by atoms with Crippen LogP contribution in [0.5, 0.6) is 0 Å².